The van der Waals surface area contributed by atoms with Gasteiger partial charge in [-0.15, -0.1) is 0 Å². The van der Waals surface area contributed by atoms with Gasteiger partial charge in [0.1, 0.15) is 0 Å². The third kappa shape index (κ3) is 3.86. The van der Waals surface area contributed by atoms with Crippen LogP contribution in [0.5, 0.6) is 0 Å². The summed E-state index contributed by atoms with van der Waals surface area (Å²) in [6, 6.07) is 13.7. The van der Waals surface area contributed by atoms with Crippen LogP contribution in [-0.2, 0) is 9.53 Å². The molecule has 0 aliphatic rings. The van der Waals surface area contributed by atoms with Crippen molar-refractivity contribution in [2.24, 2.45) is 0 Å². The Morgan fingerprint density at radius 3 is 2.45 bits per heavy atom. The maximum absolute atomic E-state index is 12.2. The third-order valence-corrected chi connectivity index (χ3v) is 3.56. The van der Waals surface area contributed by atoms with Gasteiger partial charge in [-0.25, -0.2) is 0 Å². The van der Waals surface area contributed by atoms with Gasteiger partial charge in [-0.05, 0) is 48.9 Å². The molecule has 2 aromatic rings. The van der Waals surface area contributed by atoms with E-state index in [9.17, 15) is 9.59 Å². The van der Waals surface area contributed by atoms with E-state index in [1.54, 1.807) is 49.4 Å². The van der Waals surface area contributed by atoms with E-state index in [0.29, 0.717) is 16.3 Å². The first-order valence-corrected chi connectivity index (χ1v) is 7.14. The molecule has 0 heterocycles. The topological polar surface area (TPSA) is 55.4 Å². The lowest BCUT2D eigenvalue weighted by Gasteiger charge is -2.12. The second-order valence-corrected chi connectivity index (χ2v) is 5.27. The van der Waals surface area contributed by atoms with Crippen molar-refractivity contribution in [2.75, 3.05) is 12.4 Å². The number of esters is 1. The Morgan fingerprint density at radius 2 is 1.82 bits per heavy atom. The SMILES string of the molecule is COC(=O)C(C)c1cccc(NC(=O)c2ccc(Cl)cc2)c1. The molecule has 1 atom stereocenters. The molecule has 2 aromatic carbocycles. The first-order valence-electron chi connectivity index (χ1n) is 6.76. The summed E-state index contributed by atoms with van der Waals surface area (Å²) in [5.41, 5.74) is 1.91. The zero-order valence-corrected chi connectivity index (χ0v) is 13.1. The molecular formula is C17H16ClNO3. The molecule has 0 aliphatic heterocycles. The van der Waals surface area contributed by atoms with Crippen LogP contribution >= 0.6 is 11.6 Å². The number of rotatable bonds is 4. The van der Waals surface area contributed by atoms with Gasteiger partial charge >= 0.3 is 5.97 Å². The maximum Gasteiger partial charge on any atom is 0.312 e. The highest BCUT2D eigenvalue weighted by molar-refractivity contribution is 6.30. The highest BCUT2D eigenvalue weighted by Crippen LogP contribution is 2.21. The lowest BCUT2D eigenvalue weighted by atomic mass is 10.0. The van der Waals surface area contributed by atoms with Gasteiger partial charge in [0.2, 0.25) is 0 Å². The normalized spacial score (nSPS) is 11.6. The minimum absolute atomic E-state index is 0.237. The van der Waals surface area contributed by atoms with Crippen LogP contribution in [0.1, 0.15) is 28.8 Å². The number of hydrogen-bond donors (Lipinski definition) is 1. The van der Waals surface area contributed by atoms with Crippen LogP contribution in [0.15, 0.2) is 48.5 Å². The summed E-state index contributed by atoms with van der Waals surface area (Å²) in [4.78, 5) is 23.7. The molecule has 1 N–H and O–H groups in total. The molecule has 1 unspecified atom stereocenters. The molecular weight excluding hydrogens is 302 g/mol. The number of halogens is 1. The van der Waals surface area contributed by atoms with Crippen molar-refractivity contribution in [1.29, 1.82) is 0 Å². The average molecular weight is 318 g/mol. The molecule has 0 fully saturated rings. The Labute approximate surface area is 134 Å². The molecule has 0 saturated heterocycles. The number of nitrogens with one attached hydrogen (secondary N) is 1. The van der Waals surface area contributed by atoms with Crippen LogP contribution < -0.4 is 5.32 Å². The highest BCUT2D eigenvalue weighted by Gasteiger charge is 2.16. The summed E-state index contributed by atoms with van der Waals surface area (Å²) in [6.45, 7) is 1.76. The fraction of sp³-hybridized carbons (Fsp3) is 0.176. The second kappa shape index (κ2) is 7.09. The molecule has 2 rings (SSSR count). The van der Waals surface area contributed by atoms with Crippen LogP contribution in [0.25, 0.3) is 0 Å². The van der Waals surface area contributed by atoms with Crippen molar-refractivity contribution in [2.45, 2.75) is 12.8 Å². The fourth-order valence-corrected chi connectivity index (χ4v) is 2.13. The van der Waals surface area contributed by atoms with Crippen molar-refractivity contribution >= 4 is 29.2 Å². The van der Waals surface area contributed by atoms with E-state index >= 15 is 0 Å². The monoisotopic (exact) mass is 317 g/mol. The molecule has 0 radical (unpaired) electrons. The highest BCUT2D eigenvalue weighted by atomic mass is 35.5. The summed E-state index contributed by atoms with van der Waals surface area (Å²) in [5, 5.41) is 3.37. The summed E-state index contributed by atoms with van der Waals surface area (Å²) < 4.78 is 4.73. The van der Waals surface area contributed by atoms with Crippen molar-refractivity contribution in [3.8, 4) is 0 Å². The van der Waals surface area contributed by atoms with Gasteiger partial charge in [0, 0.05) is 16.3 Å². The maximum atomic E-state index is 12.2. The molecule has 114 valence electrons. The van der Waals surface area contributed by atoms with E-state index in [4.69, 9.17) is 16.3 Å². The van der Waals surface area contributed by atoms with Crippen LogP contribution in [0.2, 0.25) is 5.02 Å². The zero-order chi connectivity index (χ0) is 16.1. The Hall–Kier alpha value is -2.33. The van der Waals surface area contributed by atoms with Crippen LogP contribution in [0.4, 0.5) is 5.69 Å². The number of ether oxygens (including phenoxy) is 1. The van der Waals surface area contributed by atoms with E-state index in [1.165, 1.54) is 7.11 Å². The molecule has 1 amide bonds. The largest absolute Gasteiger partial charge is 0.469 e. The lowest BCUT2D eigenvalue weighted by Crippen LogP contribution is -2.13. The quantitative estimate of drug-likeness (QED) is 0.871. The number of amides is 1. The minimum Gasteiger partial charge on any atom is -0.469 e. The first-order chi connectivity index (χ1) is 10.5. The van der Waals surface area contributed by atoms with Gasteiger partial charge in [-0.3, -0.25) is 9.59 Å². The molecule has 5 heteroatoms. The Kier molecular flexibility index (Phi) is 5.17. The van der Waals surface area contributed by atoms with Gasteiger partial charge in [0.05, 0.1) is 13.0 Å². The van der Waals surface area contributed by atoms with E-state index < -0.39 is 5.92 Å². The Balaban J connectivity index is 2.15. The smallest absolute Gasteiger partial charge is 0.312 e. The minimum atomic E-state index is -0.391. The fourth-order valence-electron chi connectivity index (χ4n) is 2.00. The van der Waals surface area contributed by atoms with Gasteiger partial charge < -0.3 is 10.1 Å². The molecule has 0 spiro atoms. The van der Waals surface area contributed by atoms with Crippen LogP contribution in [0, 0.1) is 0 Å². The number of anilines is 1. The standard InChI is InChI=1S/C17H16ClNO3/c1-11(17(21)22-2)13-4-3-5-15(10-13)19-16(20)12-6-8-14(18)9-7-12/h3-11H,1-2H3,(H,19,20). The number of carbonyl (C=O) groups is 2. The molecule has 0 aromatic heterocycles. The molecule has 0 saturated carbocycles. The lowest BCUT2D eigenvalue weighted by molar-refractivity contribution is -0.141. The van der Waals surface area contributed by atoms with Crippen LogP contribution in [-0.4, -0.2) is 19.0 Å². The number of methoxy groups -OCH3 is 1. The number of benzene rings is 2. The summed E-state index contributed by atoms with van der Waals surface area (Å²) in [5.74, 6) is -0.946. The van der Waals surface area contributed by atoms with E-state index in [1.807, 2.05) is 6.07 Å². The summed E-state index contributed by atoms with van der Waals surface area (Å²) in [6.07, 6.45) is 0. The van der Waals surface area contributed by atoms with Crippen molar-refractivity contribution in [1.82, 2.24) is 0 Å². The van der Waals surface area contributed by atoms with Gasteiger partial charge in [0.15, 0.2) is 0 Å². The second-order valence-electron chi connectivity index (χ2n) is 4.83. The molecule has 0 aliphatic carbocycles. The average Bonchev–Trinajstić information content (AvgIpc) is 2.54. The van der Waals surface area contributed by atoms with E-state index in [0.717, 1.165) is 5.56 Å². The van der Waals surface area contributed by atoms with E-state index in [2.05, 4.69) is 5.32 Å². The summed E-state index contributed by atoms with van der Waals surface area (Å²) in [7, 11) is 1.35. The van der Waals surface area contributed by atoms with Gasteiger partial charge in [-0.2, -0.15) is 0 Å². The molecule has 4 nitrogen and oxygen atoms in total. The zero-order valence-electron chi connectivity index (χ0n) is 12.3. The Bertz CT molecular complexity index is 683. The molecule has 22 heavy (non-hydrogen) atoms. The van der Waals surface area contributed by atoms with Gasteiger partial charge in [-0.1, -0.05) is 23.7 Å². The van der Waals surface area contributed by atoms with Crippen molar-refractivity contribution < 1.29 is 14.3 Å². The van der Waals surface area contributed by atoms with Gasteiger partial charge in [0.25, 0.3) is 5.91 Å². The first kappa shape index (κ1) is 16.0. The third-order valence-electron chi connectivity index (χ3n) is 3.31. The number of hydrogen-bond acceptors (Lipinski definition) is 3. The van der Waals surface area contributed by atoms with Crippen molar-refractivity contribution in [3.05, 3.63) is 64.7 Å². The predicted molar refractivity (Wildman–Crippen MR) is 86.3 cm³/mol. The number of carbonyl (C=O) groups excluding carboxylic acids is 2. The summed E-state index contributed by atoms with van der Waals surface area (Å²) >= 11 is 5.80. The predicted octanol–water partition coefficient (Wildman–Crippen LogP) is 3.87. The molecule has 0 bridgehead atoms. The Morgan fingerprint density at radius 1 is 1.14 bits per heavy atom. The van der Waals surface area contributed by atoms with E-state index in [-0.39, 0.29) is 11.9 Å². The van der Waals surface area contributed by atoms with Crippen LogP contribution in [0.3, 0.4) is 0 Å². The van der Waals surface area contributed by atoms with Crippen molar-refractivity contribution in [3.63, 3.8) is 0 Å².